The van der Waals surface area contributed by atoms with E-state index in [0.29, 0.717) is 11.1 Å². The van der Waals surface area contributed by atoms with Crippen molar-refractivity contribution in [1.82, 2.24) is 0 Å². The van der Waals surface area contributed by atoms with E-state index in [1.54, 1.807) is 19.2 Å². The van der Waals surface area contributed by atoms with Gasteiger partial charge in [-0.05, 0) is 18.2 Å². The minimum atomic E-state index is 0.394. The zero-order valence-corrected chi connectivity index (χ0v) is 7.73. The smallest absolute Gasteiger partial charge is 0.235 e. The molecule has 0 spiro atoms. The summed E-state index contributed by atoms with van der Waals surface area (Å²) in [7, 11) is 1.61. The van der Waals surface area contributed by atoms with Crippen molar-refractivity contribution in [2.45, 2.75) is 0 Å². The fourth-order valence-electron chi connectivity index (χ4n) is 1.24. The molecule has 4 heteroatoms. The zero-order valence-electron chi connectivity index (χ0n) is 7.73. The van der Waals surface area contributed by atoms with Crippen LogP contribution < -0.4 is 16.1 Å². The summed E-state index contributed by atoms with van der Waals surface area (Å²) < 4.78 is 10.5. The maximum Gasteiger partial charge on any atom is 0.235 e. The molecule has 14 heavy (non-hydrogen) atoms. The van der Waals surface area contributed by atoms with Gasteiger partial charge in [-0.2, -0.15) is 0 Å². The molecule has 72 valence electrons. The minimum Gasteiger partial charge on any atom is -0.497 e. The molecule has 4 nitrogen and oxygen atoms in total. The Bertz CT molecular complexity index is 517. The molecule has 2 rings (SSSR count). The van der Waals surface area contributed by atoms with Crippen LogP contribution in [0.1, 0.15) is 0 Å². The standard InChI is InChI=1S/C10H10N2O2/c1-13-8-4-2-7-3-5-10(12-11)14-9(7)6-8/h2-6H,11H2,1H3. The highest BCUT2D eigenvalue weighted by Gasteiger charge is 1.97. The third-order valence-corrected chi connectivity index (χ3v) is 1.97. The topological polar surface area (TPSA) is 60.8 Å². The SMILES string of the molecule is COc1ccc2ccc(=NN)oc2c1. The van der Waals surface area contributed by atoms with Crippen molar-refractivity contribution in [1.29, 1.82) is 0 Å². The maximum absolute atomic E-state index is 5.38. The Morgan fingerprint density at radius 1 is 1.29 bits per heavy atom. The molecule has 0 aliphatic carbocycles. The molecular weight excluding hydrogens is 180 g/mol. The Labute approximate surface area is 80.6 Å². The average molecular weight is 190 g/mol. The van der Waals surface area contributed by atoms with Gasteiger partial charge in [0.05, 0.1) is 7.11 Å². The van der Waals surface area contributed by atoms with Crippen LogP contribution in [0.4, 0.5) is 0 Å². The number of rotatable bonds is 1. The number of hydrogen-bond acceptors (Lipinski definition) is 4. The van der Waals surface area contributed by atoms with Gasteiger partial charge in [-0.15, -0.1) is 5.10 Å². The molecule has 0 saturated carbocycles. The lowest BCUT2D eigenvalue weighted by Gasteiger charge is -2.00. The van der Waals surface area contributed by atoms with Gasteiger partial charge in [0, 0.05) is 17.5 Å². The molecule has 1 aromatic heterocycles. The van der Waals surface area contributed by atoms with Gasteiger partial charge in [0.1, 0.15) is 11.3 Å². The third-order valence-electron chi connectivity index (χ3n) is 1.97. The Morgan fingerprint density at radius 3 is 2.79 bits per heavy atom. The van der Waals surface area contributed by atoms with Crippen molar-refractivity contribution in [2.75, 3.05) is 7.11 Å². The molecule has 0 amide bonds. The van der Waals surface area contributed by atoms with Crippen LogP contribution in [0.2, 0.25) is 0 Å². The maximum atomic E-state index is 5.38. The molecule has 0 atom stereocenters. The lowest BCUT2D eigenvalue weighted by Crippen LogP contribution is -2.02. The Hall–Kier alpha value is -1.97. The molecule has 2 aromatic rings. The Morgan fingerprint density at radius 2 is 2.07 bits per heavy atom. The summed E-state index contributed by atoms with van der Waals surface area (Å²) in [5, 5.41) is 4.45. The lowest BCUT2D eigenvalue weighted by molar-refractivity contribution is 0.414. The fraction of sp³-hybridized carbons (Fsp3) is 0.100. The van der Waals surface area contributed by atoms with Crippen molar-refractivity contribution in [3.63, 3.8) is 0 Å². The zero-order chi connectivity index (χ0) is 9.97. The van der Waals surface area contributed by atoms with Gasteiger partial charge in [0.2, 0.25) is 5.55 Å². The monoisotopic (exact) mass is 190 g/mol. The van der Waals surface area contributed by atoms with Crippen LogP contribution >= 0.6 is 0 Å². The van der Waals surface area contributed by atoms with E-state index in [9.17, 15) is 0 Å². The van der Waals surface area contributed by atoms with Gasteiger partial charge in [-0.3, -0.25) is 0 Å². The highest BCUT2D eigenvalue weighted by atomic mass is 16.5. The summed E-state index contributed by atoms with van der Waals surface area (Å²) in [6.07, 6.45) is 0. The number of benzene rings is 1. The third kappa shape index (κ3) is 1.42. The van der Waals surface area contributed by atoms with Crippen molar-refractivity contribution >= 4 is 11.0 Å². The second-order valence-corrected chi connectivity index (χ2v) is 2.81. The quantitative estimate of drug-likeness (QED) is 0.543. The van der Waals surface area contributed by atoms with Gasteiger partial charge in [-0.1, -0.05) is 0 Å². The fourth-order valence-corrected chi connectivity index (χ4v) is 1.24. The molecule has 0 radical (unpaired) electrons. The predicted octanol–water partition coefficient (Wildman–Crippen LogP) is 1.22. The number of nitrogens with zero attached hydrogens (tertiary/aromatic N) is 1. The molecule has 0 bridgehead atoms. The molecule has 0 aliphatic heterocycles. The van der Waals surface area contributed by atoms with E-state index in [2.05, 4.69) is 5.10 Å². The average Bonchev–Trinajstić information content (AvgIpc) is 2.27. The molecule has 0 fully saturated rings. The van der Waals surface area contributed by atoms with Crippen molar-refractivity contribution in [3.8, 4) is 5.75 Å². The molecule has 0 aliphatic rings. The first kappa shape index (κ1) is 8.62. The van der Waals surface area contributed by atoms with Crippen molar-refractivity contribution in [2.24, 2.45) is 10.9 Å². The van der Waals surface area contributed by atoms with E-state index < -0.39 is 0 Å². The number of nitrogens with two attached hydrogens (primary N) is 1. The molecule has 0 unspecified atom stereocenters. The van der Waals surface area contributed by atoms with Gasteiger partial charge < -0.3 is 15.0 Å². The second-order valence-electron chi connectivity index (χ2n) is 2.81. The summed E-state index contributed by atoms with van der Waals surface area (Å²) in [5.74, 6) is 5.86. The predicted molar refractivity (Wildman–Crippen MR) is 52.5 cm³/mol. The number of ether oxygens (including phenoxy) is 1. The summed E-state index contributed by atoms with van der Waals surface area (Å²) in [6.45, 7) is 0. The van der Waals surface area contributed by atoms with Gasteiger partial charge >= 0.3 is 0 Å². The summed E-state index contributed by atoms with van der Waals surface area (Å²) >= 11 is 0. The van der Waals surface area contributed by atoms with Crippen LogP contribution in [0.25, 0.3) is 11.0 Å². The molecule has 1 aromatic carbocycles. The molecule has 1 heterocycles. The van der Waals surface area contributed by atoms with E-state index in [0.717, 1.165) is 11.1 Å². The van der Waals surface area contributed by atoms with Crippen LogP contribution in [0.5, 0.6) is 5.75 Å². The van der Waals surface area contributed by atoms with Crippen LogP contribution in [0, 0.1) is 0 Å². The number of fused-ring (bicyclic) bond motifs is 1. The normalized spacial score (nSPS) is 11.9. The largest absolute Gasteiger partial charge is 0.497 e. The first-order chi connectivity index (χ1) is 6.83. The first-order valence-electron chi connectivity index (χ1n) is 4.15. The van der Waals surface area contributed by atoms with Crippen LogP contribution in [0.15, 0.2) is 39.9 Å². The number of methoxy groups -OCH3 is 1. The number of hydrogen-bond donors (Lipinski definition) is 1. The lowest BCUT2D eigenvalue weighted by atomic mass is 10.2. The summed E-state index contributed by atoms with van der Waals surface area (Å²) in [6, 6.07) is 9.19. The highest BCUT2D eigenvalue weighted by Crippen LogP contribution is 2.18. The van der Waals surface area contributed by atoms with Crippen molar-refractivity contribution < 1.29 is 9.15 Å². The molecule has 2 N–H and O–H groups in total. The summed E-state index contributed by atoms with van der Waals surface area (Å²) in [4.78, 5) is 0. The van der Waals surface area contributed by atoms with Gasteiger partial charge in [0.25, 0.3) is 0 Å². The van der Waals surface area contributed by atoms with Crippen LogP contribution in [-0.4, -0.2) is 7.11 Å². The summed E-state index contributed by atoms with van der Waals surface area (Å²) in [5.41, 5.74) is 1.10. The van der Waals surface area contributed by atoms with E-state index in [4.69, 9.17) is 15.0 Å². The van der Waals surface area contributed by atoms with E-state index in [-0.39, 0.29) is 0 Å². The van der Waals surface area contributed by atoms with E-state index in [1.165, 1.54) is 0 Å². The van der Waals surface area contributed by atoms with Gasteiger partial charge in [-0.25, -0.2) is 0 Å². The minimum absolute atomic E-state index is 0.394. The molecule has 0 saturated heterocycles. The van der Waals surface area contributed by atoms with Crippen molar-refractivity contribution in [3.05, 3.63) is 35.9 Å². The van der Waals surface area contributed by atoms with Crippen LogP contribution in [-0.2, 0) is 0 Å². The first-order valence-corrected chi connectivity index (χ1v) is 4.15. The Kier molecular flexibility index (Phi) is 2.10. The second kappa shape index (κ2) is 3.41. The Balaban J connectivity index is 2.72. The van der Waals surface area contributed by atoms with E-state index >= 15 is 0 Å². The van der Waals surface area contributed by atoms with Gasteiger partial charge in [0.15, 0.2) is 0 Å². The molecular formula is C10H10N2O2. The van der Waals surface area contributed by atoms with E-state index in [1.807, 2.05) is 18.2 Å². The highest BCUT2D eigenvalue weighted by molar-refractivity contribution is 5.77. The van der Waals surface area contributed by atoms with Crippen LogP contribution in [0.3, 0.4) is 0 Å².